The number of esters is 1. The number of carbonyl (C=O) groups excluding carboxylic acids is 3. The Morgan fingerprint density at radius 2 is 2.00 bits per heavy atom. The zero-order chi connectivity index (χ0) is 21.7. The molecule has 0 saturated carbocycles. The van der Waals surface area contributed by atoms with Gasteiger partial charge < -0.3 is 15.0 Å². The number of nitriles is 1. The molecule has 1 N–H and O–H groups in total. The van der Waals surface area contributed by atoms with Crippen LogP contribution in [0.3, 0.4) is 0 Å². The third-order valence-corrected chi connectivity index (χ3v) is 6.47. The molecule has 0 aromatic carbocycles. The van der Waals surface area contributed by atoms with Crippen LogP contribution in [0.5, 0.6) is 0 Å². The van der Waals surface area contributed by atoms with E-state index in [1.54, 1.807) is 34.0 Å². The molecule has 0 saturated heterocycles. The highest BCUT2D eigenvalue weighted by molar-refractivity contribution is 9.11. The fraction of sp³-hybridized carbons (Fsp3) is 0.263. The summed E-state index contributed by atoms with van der Waals surface area (Å²) in [5, 5.41) is 12.2. The Balaban J connectivity index is 2.44. The highest BCUT2D eigenvalue weighted by Gasteiger charge is 2.27. The van der Waals surface area contributed by atoms with Crippen molar-refractivity contribution in [2.75, 3.05) is 26.0 Å². The summed E-state index contributed by atoms with van der Waals surface area (Å²) in [4.78, 5) is 40.0. The fourth-order valence-corrected chi connectivity index (χ4v) is 4.90. The average molecular weight is 496 g/mol. The van der Waals surface area contributed by atoms with Gasteiger partial charge in [-0.1, -0.05) is 0 Å². The molecule has 7 nitrogen and oxygen atoms in total. The molecule has 0 radical (unpaired) electrons. The van der Waals surface area contributed by atoms with E-state index in [-0.39, 0.29) is 28.7 Å². The largest absolute Gasteiger partial charge is 0.462 e. The zero-order valence-corrected chi connectivity index (χ0v) is 19.4. The molecule has 2 aromatic rings. The van der Waals surface area contributed by atoms with Gasteiger partial charge in [0.15, 0.2) is 0 Å². The van der Waals surface area contributed by atoms with Gasteiger partial charge in [0.1, 0.15) is 16.6 Å². The molecule has 10 heteroatoms. The number of nitrogens with one attached hydrogen (secondary N) is 1. The summed E-state index contributed by atoms with van der Waals surface area (Å²) < 4.78 is 5.95. The number of nitrogens with zero attached hydrogens (tertiary/aromatic N) is 2. The number of anilines is 1. The second-order valence-corrected chi connectivity index (χ2v) is 9.46. The van der Waals surface area contributed by atoms with Gasteiger partial charge in [0.2, 0.25) is 0 Å². The van der Waals surface area contributed by atoms with Crippen LogP contribution in [0.15, 0.2) is 21.5 Å². The first kappa shape index (κ1) is 22.8. The topological polar surface area (TPSA) is 99.5 Å². The van der Waals surface area contributed by atoms with Gasteiger partial charge in [-0.2, -0.15) is 5.26 Å². The van der Waals surface area contributed by atoms with Crippen LogP contribution in [0.25, 0.3) is 6.08 Å². The minimum atomic E-state index is -0.673. The van der Waals surface area contributed by atoms with Crippen molar-refractivity contribution in [2.24, 2.45) is 0 Å². The summed E-state index contributed by atoms with van der Waals surface area (Å²) in [5.74, 6) is -1.61. The summed E-state index contributed by atoms with van der Waals surface area (Å²) in [5.41, 5.74) is 0.416. The molecule has 0 aliphatic carbocycles. The molecule has 2 heterocycles. The molecular formula is C19H18BrN3O4S2. The Labute approximate surface area is 184 Å². The van der Waals surface area contributed by atoms with Gasteiger partial charge in [-0.15, -0.1) is 22.7 Å². The average Bonchev–Trinajstić information content (AvgIpc) is 3.21. The van der Waals surface area contributed by atoms with Crippen molar-refractivity contribution in [1.82, 2.24) is 4.90 Å². The van der Waals surface area contributed by atoms with Crippen LogP contribution in [0.1, 0.15) is 37.4 Å². The quantitative estimate of drug-likeness (QED) is 0.365. The molecule has 2 amide bonds. The Morgan fingerprint density at radius 3 is 2.52 bits per heavy atom. The van der Waals surface area contributed by atoms with E-state index in [0.717, 1.165) is 20.0 Å². The van der Waals surface area contributed by atoms with E-state index in [0.29, 0.717) is 10.4 Å². The molecule has 2 aromatic heterocycles. The lowest BCUT2D eigenvalue weighted by Gasteiger charge is -2.09. The van der Waals surface area contributed by atoms with Crippen LogP contribution in [-0.2, 0) is 9.53 Å². The molecule has 0 spiro atoms. The monoisotopic (exact) mass is 495 g/mol. The van der Waals surface area contributed by atoms with Gasteiger partial charge in [-0.3, -0.25) is 9.59 Å². The number of hydrogen-bond acceptors (Lipinski definition) is 7. The van der Waals surface area contributed by atoms with Crippen molar-refractivity contribution in [3.63, 3.8) is 0 Å². The molecule has 29 heavy (non-hydrogen) atoms. The number of carbonyl (C=O) groups is 3. The Bertz CT molecular complexity index is 1030. The molecule has 0 fully saturated rings. The van der Waals surface area contributed by atoms with Gasteiger partial charge in [0, 0.05) is 19.0 Å². The summed E-state index contributed by atoms with van der Waals surface area (Å²) in [6.07, 6.45) is 1.46. The van der Waals surface area contributed by atoms with Crippen molar-refractivity contribution in [3.05, 3.63) is 42.4 Å². The van der Waals surface area contributed by atoms with Crippen LogP contribution < -0.4 is 5.32 Å². The highest BCUT2D eigenvalue weighted by atomic mass is 79.9. The lowest BCUT2D eigenvalue weighted by Crippen LogP contribution is -2.21. The number of hydrogen-bond donors (Lipinski definition) is 1. The highest BCUT2D eigenvalue weighted by Crippen LogP contribution is 2.35. The molecule has 0 atom stereocenters. The molecule has 152 valence electrons. The maximum absolute atomic E-state index is 12.7. The number of thiophene rings is 2. The molecule has 0 bridgehead atoms. The van der Waals surface area contributed by atoms with E-state index in [9.17, 15) is 19.6 Å². The second-order valence-electron chi connectivity index (χ2n) is 5.95. The lowest BCUT2D eigenvalue weighted by molar-refractivity contribution is -0.112. The number of halogens is 1. The summed E-state index contributed by atoms with van der Waals surface area (Å²) in [7, 11) is 3.19. The SMILES string of the molecule is CCOC(=O)c1c(NC(=O)/C(C#N)=C/c2ccc(Br)s2)sc(C(=O)N(C)C)c1C. The van der Waals surface area contributed by atoms with E-state index >= 15 is 0 Å². The van der Waals surface area contributed by atoms with Gasteiger partial charge >= 0.3 is 5.97 Å². The molecule has 0 unspecified atom stereocenters. The third kappa shape index (κ3) is 5.32. The number of amides is 2. The first-order chi connectivity index (χ1) is 13.7. The van der Waals surface area contributed by atoms with E-state index in [1.807, 2.05) is 12.1 Å². The maximum atomic E-state index is 12.7. The lowest BCUT2D eigenvalue weighted by atomic mass is 10.1. The normalized spacial score (nSPS) is 11.0. The summed E-state index contributed by atoms with van der Waals surface area (Å²) in [6.45, 7) is 3.44. The fourth-order valence-electron chi connectivity index (χ4n) is 2.32. The summed E-state index contributed by atoms with van der Waals surface area (Å²) >= 11 is 5.68. The van der Waals surface area contributed by atoms with Gasteiger partial charge in [0.25, 0.3) is 11.8 Å². The predicted molar refractivity (Wildman–Crippen MR) is 117 cm³/mol. The summed E-state index contributed by atoms with van der Waals surface area (Å²) in [6, 6.07) is 5.45. The van der Waals surface area contributed by atoms with E-state index in [4.69, 9.17) is 4.74 Å². The second kappa shape index (κ2) is 9.82. The first-order valence-corrected chi connectivity index (χ1v) is 10.8. The van der Waals surface area contributed by atoms with Crippen LogP contribution in [0, 0.1) is 18.3 Å². The zero-order valence-electron chi connectivity index (χ0n) is 16.2. The number of rotatable bonds is 6. The standard InChI is InChI=1S/C19H18BrN3O4S2/c1-5-27-19(26)14-10(2)15(18(25)23(3)4)29-17(14)22-16(24)11(9-21)8-12-6-7-13(20)28-12/h6-8H,5H2,1-4H3,(H,22,24)/b11-8+. The van der Waals surface area contributed by atoms with Gasteiger partial charge in [-0.05, 0) is 53.5 Å². The number of ether oxygens (including phenoxy) is 1. The van der Waals surface area contributed by atoms with Crippen molar-refractivity contribution in [1.29, 1.82) is 5.26 Å². The van der Waals surface area contributed by atoms with Crippen LogP contribution in [0.4, 0.5) is 5.00 Å². The predicted octanol–water partition coefficient (Wildman–Crippen LogP) is 4.30. The smallest absolute Gasteiger partial charge is 0.341 e. The van der Waals surface area contributed by atoms with Crippen molar-refractivity contribution in [2.45, 2.75) is 13.8 Å². The minimum absolute atomic E-state index is 0.117. The van der Waals surface area contributed by atoms with Crippen LogP contribution in [0.2, 0.25) is 0 Å². The van der Waals surface area contributed by atoms with E-state index < -0.39 is 11.9 Å². The molecule has 0 aliphatic rings. The first-order valence-electron chi connectivity index (χ1n) is 8.40. The van der Waals surface area contributed by atoms with Crippen molar-refractivity contribution < 1.29 is 19.1 Å². The van der Waals surface area contributed by atoms with Crippen molar-refractivity contribution in [3.8, 4) is 6.07 Å². The maximum Gasteiger partial charge on any atom is 0.341 e. The Hall–Kier alpha value is -2.48. The Kier molecular flexibility index (Phi) is 7.73. The van der Waals surface area contributed by atoms with Gasteiger partial charge in [0.05, 0.1) is 20.8 Å². The van der Waals surface area contributed by atoms with Crippen molar-refractivity contribution >= 4 is 67.5 Å². The minimum Gasteiger partial charge on any atom is -0.462 e. The molecular weight excluding hydrogens is 478 g/mol. The molecule has 2 rings (SSSR count). The third-order valence-electron chi connectivity index (χ3n) is 3.70. The van der Waals surface area contributed by atoms with E-state index in [1.165, 1.54) is 22.3 Å². The van der Waals surface area contributed by atoms with Crippen LogP contribution in [-0.4, -0.2) is 43.4 Å². The van der Waals surface area contributed by atoms with Gasteiger partial charge in [-0.25, -0.2) is 4.79 Å². The van der Waals surface area contributed by atoms with Crippen LogP contribution >= 0.6 is 38.6 Å². The Morgan fingerprint density at radius 1 is 1.31 bits per heavy atom. The van der Waals surface area contributed by atoms with E-state index in [2.05, 4.69) is 21.2 Å². The molecule has 0 aliphatic heterocycles.